The Hall–Kier alpha value is -2.39. The van der Waals surface area contributed by atoms with Crippen molar-refractivity contribution in [3.63, 3.8) is 0 Å². The minimum Gasteiger partial charge on any atom is -0.481 e. The van der Waals surface area contributed by atoms with Gasteiger partial charge >= 0.3 is 11.9 Å². The van der Waals surface area contributed by atoms with Crippen molar-refractivity contribution in [2.24, 2.45) is 33.5 Å². The maximum atomic E-state index is 14.5. The molecule has 0 aliphatic heterocycles. The summed E-state index contributed by atoms with van der Waals surface area (Å²) < 4.78 is 5.70. The lowest BCUT2D eigenvalue weighted by atomic mass is 9.42. The molecule has 9 heteroatoms. The van der Waals surface area contributed by atoms with Gasteiger partial charge in [-0.3, -0.25) is 24.0 Å². The van der Waals surface area contributed by atoms with Gasteiger partial charge in [-0.1, -0.05) is 27.7 Å². The molecule has 0 saturated heterocycles. The Bertz CT molecular complexity index is 1160. The Labute approximate surface area is 223 Å². The van der Waals surface area contributed by atoms with Gasteiger partial charge in [-0.25, -0.2) is 0 Å². The van der Waals surface area contributed by atoms with Crippen molar-refractivity contribution in [1.29, 1.82) is 0 Å². The van der Waals surface area contributed by atoms with Crippen molar-refractivity contribution < 1.29 is 44.0 Å². The largest absolute Gasteiger partial charge is 0.481 e. The van der Waals surface area contributed by atoms with Gasteiger partial charge in [-0.15, -0.1) is 0 Å². The van der Waals surface area contributed by atoms with E-state index in [1.165, 1.54) is 13.8 Å². The molecule has 0 radical (unpaired) electrons. The monoisotopic (exact) mass is 532 g/mol. The van der Waals surface area contributed by atoms with Crippen LogP contribution < -0.4 is 0 Å². The molecular formula is C29H40O9. The first kappa shape index (κ1) is 28.6. The molecule has 0 aromatic carbocycles. The van der Waals surface area contributed by atoms with Gasteiger partial charge in [0.15, 0.2) is 11.9 Å². The molecule has 38 heavy (non-hydrogen) atoms. The van der Waals surface area contributed by atoms with Crippen LogP contribution in [0.2, 0.25) is 0 Å². The minimum atomic E-state index is -1.70. The molecule has 0 amide bonds. The van der Waals surface area contributed by atoms with Crippen LogP contribution in [0.3, 0.4) is 0 Å². The van der Waals surface area contributed by atoms with Crippen LogP contribution in [0.1, 0.15) is 87.0 Å². The van der Waals surface area contributed by atoms with Crippen molar-refractivity contribution in [1.82, 2.24) is 0 Å². The first-order valence-electron chi connectivity index (χ1n) is 13.4. The zero-order valence-corrected chi connectivity index (χ0v) is 23.3. The van der Waals surface area contributed by atoms with Gasteiger partial charge in [0.05, 0.1) is 17.1 Å². The Kier molecular flexibility index (Phi) is 6.44. The number of aliphatic hydroxyl groups is 2. The second-order valence-electron chi connectivity index (χ2n) is 13.4. The van der Waals surface area contributed by atoms with Crippen molar-refractivity contribution in [3.8, 4) is 0 Å². The molecule has 9 nitrogen and oxygen atoms in total. The van der Waals surface area contributed by atoms with E-state index < -0.39 is 63.1 Å². The Balaban J connectivity index is 2.00. The smallest absolute Gasteiger partial charge is 0.303 e. The average Bonchev–Trinajstić information content (AvgIpc) is 3.02. The summed E-state index contributed by atoms with van der Waals surface area (Å²) in [5.74, 6) is -4.40. The highest BCUT2D eigenvalue weighted by Gasteiger charge is 2.76. The van der Waals surface area contributed by atoms with Gasteiger partial charge in [-0.05, 0) is 44.4 Å². The summed E-state index contributed by atoms with van der Waals surface area (Å²) in [6.07, 6.45) is -1.96. The van der Waals surface area contributed by atoms with Crippen molar-refractivity contribution >= 4 is 29.3 Å². The van der Waals surface area contributed by atoms with Crippen molar-refractivity contribution in [3.05, 3.63) is 11.1 Å². The molecule has 4 aliphatic carbocycles. The molecule has 2 fully saturated rings. The van der Waals surface area contributed by atoms with E-state index in [1.54, 1.807) is 13.8 Å². The second kappa shape index (κ2) is 8.55. The maximum Gasteiger partial charge on any atom is 0.303 e. The topological polar surface area (TPSA) is 155 Å². The highest BCUT2D eigenvalue weighted by molar-refractivity contribution is 6.18. The fourth-order valence-corrected chi connectivity index (χ4v) is 8.72. The number of fused-ring (bicyclic) bond motifs is 4. The summed E-state index contributed by atoms with van der Waals surface area (Å²) in [4.78, 5) is 66.2. The molecule has 3 N–H and O–H groups in total. The van der Waals surface area contributed by atoms with Crippen LogP contribution in [0.5, 0.6) is 0 Å². The Morgan fingerprint density at radius 3 is 2.21 bits per heavy atom. The maximum absolute atomic E-state index is 14.5. The summed E-state index contributed by atoms with van der Waals surface area (Å²) in [7, 11) is 0. The van der Waals surface area contributed by atoms with Crippen LogP contribution in [-0.2, 0) is 28.7 Å². The molecule has 1 unspecified atom stereocenters. The number of carboxylic acid groups (broad SMARTS) is 1. The number of hydrogen-bond acceptors (Lipinski definition) is 8. The molecule has 2 saturated carbocycles. The fourth-order valence-electron chi connectivity index (χ4n) is 8.72. The lowest BCUT2D eigenvalue weighted by Gasteiger charge is -2.61. The summed E-state index contributed by atoms with van der Waals surface area (Å²) in [6, 6.07) is 0. The first-order valence-corrected chi connectivity index (χ1v) is 13.4. The summed E-state index contributed by atoms with van der Waals surface area (Å²) in [5, 5.41) is 31.6. The zero-order valence-electron chi connectivity index (χ0n) is 23.3. The van der Waals surface area contributed by atoms with E-state index in [0.717, 1.165) is 0 Å². The second-order valence-corrected chi connectivity index (χ2v) is 13.4. The van der Waals surface area contributed by atoms with Gasteiger partial charge in [0.2, 0.25) is 5.78 Å². The number of ketones is 3. The van der Waals surface area contributed by atoms with Crippen LogP contribution in [-0.4, -0.2) is 62.4 Å². The number of carbonyl (C=O) groups is 5. The predicted molar refractivity (Wildman–Crippen MR) is 135 cm³/mol. The molecule has 4 aliphatic rings. The van der Waals surface area contributed by atoms with Gasteiger partial charge in [0.1, 0.15) is 5.78 Å². The molecule has 0 heterocycles. The third-order valence-electron chi connectivity index (χ3n) is 11.1. The Morgan fingerprint density at radius 2 is 1.66 bits per heavy atom. The number of carbonyl (C=O) groups excluding carboxylic acids is 4. The predicted octanol–water partition coefficient (Wildman–Crippen LogP) is 2.79. The quantitative estimate of drug-likeness (QED) is 0.453. The molecule has 8 atom stereocenters. The molecule has 0 aromatic rings. The number of aliphatic hydroxyl groups excluding tert-OH is 1. The SMILES string of the molecule is CC(=O)O[C@@H]1C(=O)C2=C(C(=O)C[C@H]3C(C)(C)[C@@H](O)CC[C@]23C)[C@]2(C)C(=O)C[C@H](C(C)(O)CCC(=O)O)[C@@]12C. The summed E-state index contributed by atoms with van der Waals surface area (Å²) >= 11 is 0. The molecule has 0 bridgehead atoms. The highest BCUT2D eigenvalue weighted by atomic mass is 16.5. The Morgan fingerprint density at radius 1 is 1.05 bits per heavy atom. The third kappa shape index (κ3) is 3.53. The van der Waals surface area contributed by atoms with E-state index in [9.17, 15) is 39.3 Å². The number of allylic oxidation sites excluding steroid dienone is 1. The number of rotatable bonds is 5. The number of carboxylic acids is 1. The van der Waals surface area contributed by atoms with Crippen molar-refractivity contribution in [2.75, 3.05) is 0 Å². The average molecular weight is 533 g/mol. The van der Waals surface area contributed by atoms with E-state index in [2.05, 4.69) is 0 Å². The van der Waals surface area contributed by atoms with E-state index in [1.807, 2.05) is 20.8 Å². The number of hydrogen-bond donors (Lipinski definition) is 3. The summed E-state index contributed by atoms with van der Waals surface area (Å²) in [6.45, 7) is 11.5. The molecule has 0 spiro atoms. The van der Waals surface area contributed by atoms with Gasteiger partial charge < -0.3 is 20.1 Å². The van der Waals surface area contributed by atoms with E-state index in [4.69, 9.17) is 4.74 Å². The van der Waals surface area contributed by atoms with Crippen LogP contribution in [0.4, 0.5) is 0 Å². The highest BCUT2D eigenvalue weighted by Crippen LogP contribution is 2.70. The van der Waals surface area contributed by atoms with Crippen LogP contribution >= 0.6 is 0 Å². The van der Waals surface area contributed by atoms with E-state index in [-0.39, 0.29) is 54.3 Å². The fraction of sp³-hybridized carbons (Fsp3) is 0.759. The van der Waals surface area contributed by atoms with Crippen LogP contribution in [0.25, 0.3) is 0 Å². The van der Waals surface area contributed by atoms with Crippen LogP contribution in [0.15, 0.2) is 11.1 Å². The number of esters is 1. The molecule has 210 valence electrons. The van der Waals surface area contributed by atoms with Crippen LogP contribution in [0, 0.1) is 33.5 Å². The van der Waals surface area contributed by atoms with Gasteiger partial charge in [0, 0.05) is 54.1 Å². The molecule has 0 aromatic heterocycles. The molecular weight excluding hydrogens is 492 g/mol. The first-order chi connectivity index (χ1) is 17.3. The van der Waals surface area contributed by atoms with E-state index in [0.29, 0.717) is 12.8 Å². The van der Waals surface area contributed by atoms with Gasteiger partial charge in [0.25, 0.3) is 0 Å². The minimum absolute atomic E-state index is 0.0595. The number of aliphatic carboxylic acids is 1. The third-order valence-corrected chi connectivity index (χ3v) is 11.1. The summed E-state index contributed by atoms with van der Waals surface area (Å²) in [5.41, 5.74) is -5.89. The lowest BCUT2D eigenvalue weighted by molar-refractivity contribution is -0.184. The van der Waals surface area contributed by atoms with Crippen molar-refractivity contribution in [2.45, 2.75) is 105 Å². The van der Waals surface area contributed by atoms with Gasteiger partial charge in [-0.2, -0.15) is 0 Å². The van der Waals surface area contributed by atoms with E-state index >= 15 is 0 Å². The zero-order chi connectivity index (χ0) is 28.8. The molecule has 4 rings (SSSR count). The standard InChI is InChI=1S/C29H40O9/c1-14(30)38-24-23(36)22-21(15(31)12-16-25(2,3)18(32)8-10-26(16,22)4)29(7)19(33)13-17(28(24,29)6)27(5,37)11-9-20(34)35/h16-18,24,32,37H,8-13H2,1-7H3,(H,34,35)/t16-,17+,18-,24+,26-,27?,28-,29-/m0/s1. The lowest BCUT2D eigenvalue weighted by Crippen LogP contribution is -2.66. The normalized spacial score (nSPS) is 41.7. The number of Topliss-reactive ketones (excluding diaryl/α,β-unsaturated/α-hetero) is 3. The number of ether oxygens (including phenoxy) is 1.